The van der Waals surface area contributed by atoms with Gasteiger partial charge in [0.1, 0.15) is 0 Å². The van der Waals surface area contributed by atoms with Gasteiger partial charge in [-0.05, 0) is 5.92 Å². The summed E-state index contributed by atoms with van der Waals surface area (Å²) in [5, 5.41) is 0. The smallest absolute Gasteiger partial charge is 0 e. The molecule has 0 aliphatic heterocycles. The molecule has 1 N–H and O–H groups in total. The van der Waals surface area contributed by atoms with E-state index in [0.717, 1.165) is 18.8 Å². The molecule has 0 aromatic heterocycles. The van der Waals surface area contributed by atoms with Crippen LogP contribution in [-0.4, -0.2) is 6.04 Å². The van der Waals surface area contributed by atoms with E-state index >= 15 is 0 Å². The maximum Gasteiger partial charge on any atom is 0 e. The van der Waals surface area contributed by atoms with E-state index in [2.05, 4.69) is 6.92 Å². The van der Waals surface area contributed by atoms with Crippen LogP contribution < -0.4 is 0 Å². The SMILES string of the molecule is CC1CCC([NH-])CC1.[Ac]. The van der Waals surface area contributed by atoms with Crippen LogP contribution in [0.25, 0.3) is 5.73 Å². The Hall–Kier alpha value is 1.40. The number of rotatable bonds is 0. The first kappa shape index (κ1) is 10.4. The predicted molar refractivity (Wildman–Crippen MR) is 35.7 cm³/mol. The van der Waals surface area contributed by atoms with Gasteiger partial charge in [-0.15, -0.1) is 6.04 Å². The first-order chi connectivity index (χ1) is 3.79. The molecule has 0 aromatic carbocycles. The minimum Gasteiger partial charge on any atom is -0.675 e. The molecule has 0 atom stereocenters. The Labute approximate surface area is 93.3 Å². The van der Waals surface area contributed by atoms with Crippen LogP contribution in [0, 0.1) is 50.0 Å². The zero-order valence-corrected chi connectivity index (χ0v) is 10.8. The standard InChI is InChI=1S/C7H14N.Ac/c1-6-2-4-7(8)5-3-6;/h6-8H,2-5H2,1H3;/q-1;. The Morgan fingerprint density at radius 2 is 1.56 bits per heavy atom. The molecule has 1 rings (SSSR count). The largest absolute Gasteiger partial charge is 0.675 e. The summed E-state index contributed by atoms with van der Waals surface area (Å²) >= 11 is 0. The van der Waals surface area contributed by atoms with E-state index in [0.29, 0.717) is 0 Å². The van der Waals surface area contributed by atoms with Crippen molar-refractivity contribution in [1.29, 1.82) is 0 Å². The number of nitrogens with one attached hydrogen (secondary N) is 1. The molecule has 1 radical (unpaired) electrons. The van der Waals surface area contributed by atoms with Gasteiger partial charge in [-0.3, -0.25) is 0 Å². The van der Waals surface area contributed by atoms with Crippen LogP contribution >= 0.6 is 0 Å². The van der Waals surface area contributed by atoms with Gasteiger partial charge < -0.3 is 5.73 Å². The van der Waals surface area contributed by atoms with Crippen molar-refractivity contribution >= 4 is 0 Å². The third kappa shape index (κ3) is 3.96. The van der Waals surface area contributed by atoms with Gasteiger partial charge in [0.15, 0.2) is 0 Å². The van der Waals surface area contributed by atoms with Crippen molar-refractivity contribution < 1.29 is 44.1 Å². The van der Waals surface area contributed by atoms with Crippen LogP contribution in [-0.2, 0) is 0 Å². The molecule has 9 heavy (non-hydrogen) atoms. The third-order valence-electron chi connectivity index (χ3n) is 2.02. The van der Waals surface area contributed by atoms with Crippen LogP contribution in [0.4, 0.5) is 0 Å². The second kappa shape index (κ2) is 5.10. The minimum atomic E-state index is 0. The third-order valence-corrected chi connectivity index (χ3v) is 2.02. The van der Waals surface area contributed by atoms with Crippen LogP contribution in [0.15, 0.2) is 0 Å². The van der Waals surface area contributed by atoms with Gasteiger partial charge in [0, 0.05) is 44.1 Å². The average molecular weight is 339 g/mol. The zero-order chi connectivity index (χ0) is 5.98. The van der Waals surface area contributed by atoms with E-state index in [-0.39, 0.29) is 50.1 Å². The van der Waals surface area contributed by atoms with E-state index in [1.54, 1.807) is 0 Å². The monoisotopic (exact) mass is 339 g/mol. The summed E-state index contributed by atoms with van der Waals surface area (Å²) in [6.45, 7) is 2.28. The van der Waals surface area contributed by atoms with Gasteiger partial charge >= 0.3 is 0 Å². The molecule has 51 valence electrons. The van der Waals surface area contributed by atoms with Crippen LogP contribution in [0.2, 0.25) is 0 Å². The van der Waals surface area contributed by atoms with Gasteiger partial charge in [-0.25, -0.2) is 0 Å². The summed E-state index contributed by atoms with van der Waals surface area (Å²) in [6.07, 6.45) is 4.85. The van der Waals surface area contributed by atoms with Crippen molar-refractivity contribution in [2.45, 2.75) is 38.6 Å². The Balaban J connectivity index is 0.000000640. The summed E-state index contributed by atoms with van der Waals surface area (Å²) < 4.78 is 0. The minimum absolute atomic E-state index is 0. The van der Waals surface area contributed by atoms with E-state index < -0.39 is 0 Å². The van der Waals surface area contributed by atoms with Crippen molar-refractivity contribution in [3.63, 3.8) is 0 Å². The first-order valence-electron chi connectivity index (χ1n) is 3.50. The first-order valence-corrected chi connectivity index (χ1v) is 3.50. The van der Waals surface area contributed by atoms with Gasteiger partial charge in [0.05, 0.1) is 0 Å². The molecular formula is C7H14AcN-. The molecule has 0 spiro atoms. The molecule has 1 aliphatic carbocycles. The quantitative estimate of drug-likeness (QED) is 0.648. The number of hydrogen-bond donors (Lipinski definition) is 0. The van der Waals surface area contributed by atoms with E-state index in [9.17, 15) is 0 Å². The number of hydrogen-bond acceptors (Lipinski definition) is 0. The summed E-state index contributed by atoms with van der Waals surface area (Å²) in [5.74, 6) is 0.900. The van der Waals surface area contributed by atoms with Gasteiger partial charge in [-0.1, -0.05) is 32.6 Å². The van der Waals surface area contributed by atoms with Gasteiger partial charge in [0.25, 0.3) is 0 Å². The van der Waals surface area contributed by atoms with Crippen LogP contribution in [0.5, 0.6) is 0 Å². The van der Waals surface area contributed by atoms with Crippen molar-refractivity contribution in [2.75, 3.05) is 0 Å². The molecule has 1 fully saturated rings. The Kier molecular flexibility index (Phi) is 5.90. The molecule has 0 aromatic rings. The van der Waals surface area contributed by atoms with Crippen LogP contribution in [0.1, 0.15) is 32.6 Å². The van der Waals surface area contributed by atoms with E-state index in [4.69, 9.17) is 5.73 Å². The molecule has 0 amide bonds. The fourth-order valence-electron chi connectivity index (χ4n) is 1.26. The zero-order valence-electron chi connectivity index (χ0n) is 6.06. The van der Waals surface area contributed by atoms with Crippen molar-refractivity contribution in [3.05, 3.63) is 5.73 Å². The Bertz CT molecular complexity index is 57.3. The second-order valence-electron chi connectivity index (χ2n) is 2.96. The Morgan fingerprint density at radius 1 is 1.11 bits per heavy atom. The molecule has 1 aliphatic rings. The van der Waals surface area contributed by atoms with Gasteiger partial charge in [-0.2, -0.15) is 0 Å². The fourth-order valence-corrected chi connectivity index (χ4v) is 1.26. The van der Waals surface area contributed by atoms with Crippen molar-refractivity contribution in [3.8, 4) is 0 Å². The fraction of sp³-hybridized carbons (Fsp3) is 1.00. The maximum absolute atomic E-state index is 7.36. The Morgan fingerprint density at radius 3 is 1.89 bits per heavy atom. The summed E-state index contributed by atoms with van der Waals surface area (Å²) in [6, 6.07) is 0.270. The summed E-state index contributed by atoms with van der Waals surface area (Å²) in [4.78, 5) is 0. The van der Waals surface area contributed by atoms with E-state index in [1.807, 2.05) is 0 Å². The molecular weight excluding hydrogens is 325 g/mol. The van der Waals surface area contributed by atoms with Crippen molar-refractivity contribution in [2.24, 2.45) is 5.92 Å². The molecule has 0 unspecified atom stereocenters. The van der Waals surface area contributed by atoms with Gasteiger partial charge in [0.2, 0.25) is 0 Å². The second-order valence-corrected chi connectivity index (χ2v) is 2.96. The maximum atomic E-state index is 7.36. The molecule has 1 saturated carbocycles. The molecule has 1 nitrogen and oxygen atoms in total. The van der Waals surface area contributed by atoms with E-state index in [1.165, 1.54) is 12.8 Å². The normalized spacial score (nSPS) is 35.3. The summed E-state index contributed by atoms with van der Waals surface area (Å²) in [5.41, 5.74) is 7.36. The van der Waals surface area contributed by atoms with Crippen molar-refractivity contribution in [1.82, 2.24) is 0 Å². The average Bonchev–Trinajstić information content (AvgIpc) is 1.77. The molecule has 0 heterocycles. The predicted octanol–water partition coefficient (Wildman–Crippen LogP) is 2.62. The molecule has 2 heteroatoms. The topological polar surface area (TPSA) is 23.8 Å². The summed E-state index contributed by atoms with van der Waals surface area (Å²) in [7, 11) is 0. The molecule has 0 saturated heterocycles. The van der Waals surface area contributed by atoms with Crippen LogP contribution in [0.3, 0.4) is 0 Å². The molecule has 0 bridgehead atoms.